The Morgan fingerprint density at radius 1 is 0.871 bits per heavy atom. The van der Waals surface area contributed by atoms with Gasteiger partial charge < -0.3 is 30.7 Å². The molecule has 2 aliphatic heterocycles. The van der Waals surface area contributed by atoms with Crippen LogP contribution < -0.4 is 15.4 Å². The Bertz CT molecular complexity index is 2790. The van der Waals surface area contributed by atoms with E-state index in [1.807, 2.05) is 42.7 Å². The third-order valence-electron chi connectivity index (χ3n) is 15.3. The van der Waals surface area contributed by atoms with Crippen LogP contribution >= 0.6 is 0 Å². The van der Waals surface area contributed by atoms with E-state index in [0.29, 0.717) is 57.4 Å². The van der Waals surface area contributed by atoms with E-state index in [2.05, 4.69) is 90.9 Å². The molecule has 3 heterocycles. The van der Waals surface area contributed by atoms with Crippen molar-refractivity contribution in [3.63, 3.8) is 0 Å². The number of phenolic OH excluding ortho intramolecular Hbond substituents is 1. The maximum absolute atomic E-state index is 14.9. The maximum Gasteiger partial charge on any atom is 0.176 e. The highest BCUT2D eigenvalue weighted by Gasteiger charge is 2.42. The van der Waals surface area contributed by atoms with Gasteiger partial charge in [-0.1, -0.05) is 79.8 Å². The highest BCUT2D eigenvalue weighted by molar-refractivity contribution is 6.00. The Morgan fingerprint density at radius 2 is 1.70 bits per heavy atom. The number of aliphatic hydroxyl groups excluding tert-OH is 2. The van der Waals surface area contributed by atoms with Crippen LogP contribution in [0.3, 0.4) is 0 Å². The van der Waals surface area contributed by atoms with Crippen molar-refractivity contribution in [1.82, 2.24) is 10.3 Å². The summed E-state index contributed by atoms with van der Waals surface area (Å²) in [6, 6.07) is 31.2. The van der Waals surface area contributed by atoms with E-state index in [1.165, 1.54) is 7.11 Å². The van der Waals surface area contributed by atoms with Crippen molar-refractivity contribution in [2.75, 3.05) is 25.5 Å². The molecule has 1 aromatic heterocycles. The monoisotopic (exact) mass is 940 g/mol. The number of aryl methyl sites for hydroxylation is 1. The number of carbonyl (C=O) groups excluding carboxylic acids is 2. The number of Topliss-reactive ketones (excluding diaryl/α,β-unsaturated/α-hetero) is 2. The number of carbonyl (C=O) groups is 2. The fourth-order valence-electron chi connectivity index (χ4n) is 11.6. The fourth-order valence-corrected chi connectivity index (χ4v) is 11.6. The van der Waals surface area contributed by atoms with Crippen LogP contribution in [0.5, 0.6) is 11.5 Å². The Morgan fingerprint density at radius 3 is 2.53 bits per heavy atom. The number of fused-ring (bicyclic) bond motifs is 9. The second-order valence-corrected chi connectivity index (χ2v) is 20.4. The van der Waals surface area contributed by atoms with Crippen molar-refractivity contribution in [1.29, 1.82) is 0 Å². The molecule has 0 saturated heterocycles. The molecular weight excluding hydrogens is 873 g/mol. The molecular formula is C60H67N4O6+. The van der Waals surface area contributed by atoms with E-state index in [4.69, 9.17) is 14.7 Å². The van der Waals surface area contributed by atoms with E-state index in [0.717, 1.165) is 81.0 Å². The van der Waals surface area contributed by atoms with Gasteiger partial charge in [-0.05, 0) is 145 Å². The number of hydrogen-bond acceptors (Lipinski definition) is 10. The van der Waals surface area contributed by atoms with Gasteiger partial charge in [-0.2, -0.15) is 0 Å². The third kappa shape index (κ3) is 11.7. The molecule has 2 aliphatic carbocycles. The molecule has 9 atom stereocenters. The number of aliphatic imine (C=N–C) groups is 1. The normalized spacial score (nSPS) is 26.7. The van der Waals surface area contributed by atoms with Gasteiger partial charge in [0.1, 0.15) is 23.0 Å². The summed E-state index contributed by atoms with van der Waals surface area (Å²) in [6.07, 6.45) is 10.2. The first-order chi connectivity index (χ1) is 34.0. The number of β-amino-alcohol motifs (C(OH)–C–C–N with tert-alkyl or cyclic N) is 1. The minimum atomic E-state index is -0.701. The Labute approximate surface area is 413 Å². The molecule has 0 radical (unpaired) electrons. The number of phenols is 1. The molecule has 70 heavy (non-hydrogen) atoms. The number of aromatic nitrogens is 1. The predicted octanol–water partition coefficient (Wildman–Crippen LogP) is 10.0. The molecule has 4 aromatic carbocycles. The summed E-state index contributed by atoms with van der Waals surface area (Å²) in [7, 11) is 1.52. The lowest BCUT2D eigenvalue weighted by atomic mass is 9.73. The van der Waals surface area contributed by atoms with Crippen molar-refractivity contribution in [2.24, 2.45) is 40.5 Å². The molecule has 9 bridgehead atoms. The zero-order valence-electron chi connectivity index (χ0n) is 40.7. The second kappa shape index (κ2) is 22.2. The lowest BCUT2D eigenvalue weighted by Crippen LogP contribution is -2.33. The first kappa shape index (κ1) is 48.8. The Kier molecular flexibility index (Phi) is 15.5. The van der Waals surface area contributed by atoms with E-state index in [9.17, 15) is 24.9 Å². The van der Waals surface area contributed by atoms with Crippen molar-refractivity contribution in [3.05, 3.63) is 143 Å². The van der Waals surface area contributed by atoms with Crippen LogP contribution in [0.25, 0.3) is 10.8 Å². The van der Waals surface area contributed by atoms with Gasteiger partial charge in [0.2, 0.25) is 0 Å². The average Bonchev–Trinajstić information content (AvgIpc) is 3.74. The number of nitrogens with one attached hydrogen (secondary N) is 2. The third-order valence-corrected chi connectivity index (χ3v) is 15.3. The van der Waals surface area contributed by atoms with Crippen LogP contribution in [0.2, 0.25) is 0 Å². The second-order valence-electron chi connectivity index (χ2n) is 20.4. The average molecular weight is 940 g/mol. The number of benzene rings is 4. The molecule has 0 amide bonds. The topological polar surface area (TPSA) is 153 Å². The largest absolute Gasteiger partial charge is 0.504 e. The van der Waals surface area contributed by atoms with Gasteiger partial charge >= 0.3 is 0 Å². The van der Waals surface area contributed by atoms with Crippen LogP contribution in [-0.2, 0) is 28.9 Å². The number of ketones is 2. The van der Waals surface area contributed by atoms with E-state index >= 15 is 0 Å². The molecule has 9 unspecified atom stereocenters. The summed E-state index contributed by atoms with van der Waals surface area (Å²) in [5, 5.41) is 43.9. The lowest BCUT2D eigenvalue weighted by Gasteiger charge is -2.33. The van der Waals surface area contributed by atoms with Crippen LogP contribution in [0.1, 0.15) is 98.9 Å². The number of ether oxygens (including phenoxy) is 1. The highest BCUT2D eigenvalue weighted by Crippen LogP contribution is 2.45. The molecule has 4 aliphatic rings. The van der Waals surface area contributed by atoms with E-state index < -0.39 is 24.0 Å². The maximum atomic E-state index is 14.9. The first-order valence-electron chi connectivity index (χ1n) is 25.4. The van der Waals surface area contributed by atoms with Gasteiger partial charge in [0.05, 0.1) is 50.1 Å². The van der Waals surface area contributed by atoms with Crippen LogP contribution in [0.4, 0.5) is 11.5 Å². The fraction of sp³-hybridized carbons (Fsp3) is 0.417. The number of hydrogen-bond donors (Lipinski definition) is 5. The molecule has 1 saturated carbocycles. The Balaban J connectivity index is 1.12. The standard InChI is InChI=1S/C60H66N4O6/c1-4-8-53-46-24-40(23-43-15-18-52(42-9-6-5-7-10-42)54-33-58(69)59(70-3)30-44(54)14-17-50(65)32-57(68)55(43)29-46)21-39-19-20-62-60(26-39)64-48-16-13-41-12-11-38(22-45(41)27-48)25-51(66)36-61-34-37(2)47-28-49(63-35-47)31-56(53)67/h5-7,9-13,16,19-20,22,26-28,30,33,35,37,40,43,46,51-53,55-56,61,66-67H,4,8,14,17,21,23-25,29,31-32,34,36H2,1-3H3,(H-,62,64,69)/p+1. The molecule has 5 aromatic rings. The lowest BCUT2D eigenvalue weighted by molar-refractivity contribution is -0.130. The van der Waals surface area contributed by atoms with E-state index in [1.54, 1.807) is 12.1 Å². The summed E-state index contributed by atoms with van der Waals surface area (Å²) >= 11 is 0. The van der Waals surface area contributed by atoms with Gasteiger partial charge in [-0.3, -0.25) is 9.59 Å². The highest BCUT2D eigenvalue weighted by atomic mass is 16.5. The molecule has 362 valence electrons. The summed E-state index contributed by atoms with van der Waals surface area (Å²) in [6.45, 7) is 5.44. The number of methoxy groups -OCH3 is 1. The summed E-state index contributed by atoms with van der Waals surface area (Å²) < 4.78 is 5.53. The summed E-state index contributed by atoms with van der Waals surface area (Å²) in [5.41, 5.74) is 6.80. The van der Waals surface area contributed by atoms with Crippen molar-refractivity contribution in [3.8, 4) is 23.3 Å². The SMILES string of the molecule is CCCC1C(O)C[C+]2C=C(C=N2)C(C)CNCC(O)Cc2ccc3ccc(cc3c2)Nc2cc(ccn2)CC2CC3C#CC(c4ccccc4)c4cc(O)c(OC)cc4CCC(=O)CC(=O)C3CC1C2. The number of anilines is 2. The molecule has 10 nitrogen and oxygen atoms in total. The molecule has 10 heteroatoms. The van der Waals surface area contributed by atoms with Crippen LogP contribution in [-0.4, -0.2) is 70.5 Å². The zero-order chi connectivity index (χ0) is 48.7. The quantitative estimate of drug-likeness (QED) is 0.0673. The molecule has 1 fully saturated rings. The number of nitrogens with zero attached hydrogens (tertiary/aromatic N) is 2. The molecule has 5 N–H and O–H groups in total. The Hall–Kier alpha value is -6.25. The van der Waals surface area contributed by atoms with Gasteiger partial charge in [0.15, 0.2) is 23.8 Å². The predicted molar refractivity (Wildman–Crippen MR) is 277 cm³/mol. The van der Waals surface area contributed by atoms with Gasteiger partial charge in [0.25, 0.3) is 0 Å². The minimum absolute atomic E-state index is 0.00905. The summed E-state index contributed by atoms with van der Waals surface area (Å²) in [5.74, 6) is 7.06. The number of aromatic hydroxyl groups is 1. The number of pyridine rings is 1. The zero-order valence-corrected chi connectivity index (χ0v) is 40.7. The smallest absolute Gasteiger partial charge is 0.176 e. The van der Waals surface area contributed by atoms with Crippen LogP contribution in [0, 0.1) is 53.4 Å². The van der Waals surface area contributed by atoms with Gasteiger partial charge in [-0.25, -0.2) is 4.98 Å². The van der Waals surface area contributed by atoms with Crippen molar-refractivity contribution >= 4 is 40.1 Å². The first-order valence-corrected chi connectivity index (χ1v) is 25.4. The van der Waals surface area contributed by atoms with Crippen LogP contribution in [0.15, 0.2) is 114 Å². The molecule has 0 spiro atoms. The summed E-state index contributed by atoms with van der Waals surface area (Å²) in [4.78, 5) is 38.4. The minimum Gasteiger partial charge on any atom is -0.504 e. The van der Waals surface area contributed by atoms with E-state index in [-0.39, 0.29) is 59.7 Å². The van der Waals surface area contributed by atoms with Crippen molar-refractivity contribution < 1.29 is 29.6 Å². The van der Waals surface area contributed by atoms with Gasteiger partial charge in [-0.15, -0.1) is 4.99 Å². The number of aliphatic hydroxyl groups is 2. The van der Waals surface area contributed by atoms with Crippen molar-refractivity contribution in [2.45, 2.75) is 103 Å². The number of rotatable bonds is 4. The molecule has 9 rings (SSSR count). The van der Waals surface area contributed by atoms with Gasteiger partial charge in [0, 0.05) is 43.2 Å².